The lowest BCUT2D eigenvalue weighted by Crippen LogP contribution is -2.10. The van der Waals surface area contributed by atoms with Gasteiger partial charge in [0.25, 0.3) is 0 Å². The molecule has 36 heavy (non-hydrogen) atoms. The Morgan fingerprint density at radius 3 is 2.53 bits per heavy atom. The minimum Gasteiger partial charge on any atom is -0.454 e. The zero-order valence-corrected chi connectivity index (χ0v) is 18.6. The number of nitrogens with one attached hydrogen (secondary N) is 1. The average Bonchev–Trinajstić information content (AvgIpc) is 3.40. The summed E-state index contributed by atoms with van der Waals surface area (Å²) in [5.41, 5.74) is 12.4. The molecule has 0 amide bonds. The van der Waals surface area contributed by atoms with Gasteiger partial charge in [-0.1, -0.05) is 6.07 Å². The number of fused-ring (bicyclic) bond motifs is 1. The summed E-state index contributed by atoms with van der Waals surface area (Å²) in [6, 6.07) is 9.76. The van der Waals surface area contributed by atoms with E-state index in [1.165, 1.54) is 49.5 Å². The van der Waals surface area contributed by atoms with Crippen LogP contribution in [0.1, 0.15) is 21.6 Å². The first kappa shape index (κ1) is 23.0. The predicted molar refractivity (Wildman–Crippen MR) is 125 cm³/mol. The molecule has 0 aliphatic rings. The third-order valence-electron chi connectivity index (χ3n) is 5.62. The summed E-state index contributed by atoms with van der Waals surface area (Å²) in [6.07, 6.45) is 1.18. The third kappa shape index (κ3) is 3.80. The molecule has 5 N–H and O–H groups in total. The number of nitrogens with two attached hydrogens (primary N) is 2. The predicted octanol–water partition coefficient (Wildman–Crippen LogP) is 5.41. The van der Waals surface area contributed by atoms with Gasteiger partial charge in [-0.2, -0.15) is 9.49 Å². The number of nitrogens with zero attached hydrogens (tertiary/aromatic N) is 2. The van der Waals surface area contributed by atoms with Crippen LogP contribution in [0.3, 0.4) is 0 Å². The molecule has 0 saturated heterocycles. The third-order valence-corrected chi connectivity index (χ3v) is 5.62. The molecule has 0 saturated carbocycles. The second kappa shape index (κ2) is 8.45. The summed E-state index contributed by atoms with van der Waals surface area (Å²) in [7, 11) is 0. The number of nitrogen functional groups attached to an aromatic ring is 2. The van der Waals surface area contributed by atoms with Gasteiger partial charge in [-0.05, 0) is 48.9 Å². The fraction of sp³-hybridized carbons (Fsp3) is 0.0400. The summed E-state index contributed by atoms with van der Waals surface area (Å²) in [6.45, 7) is 1.53. The van der Waals surface area contributed by atoms with Gasteiger partial charge in [0.05, 0.1) is 23.1 Å². The first-order valence-electron chi connectivity index (χ1n) is 10.5. The van der Waals surface area contributed by atoms with E-state index in [1.807, 2.05) is 0 Å². The van der Waals surface area contributed by atoms with Crippen LogP contribution in [0.5, 0.6) is 11.5 Å². The number of anilines is 2. The quantitative estimate of drug-likeness (QED) is 0.172. The highest BCUT2D eigenvalue weighted by Gasteiger charge is 2.23. The molecule has 0 aliphatic carbocycles. The van der Waals surface area contributed by atoms with Crippen molar-refractivity contribution in [1.29, 1.82) is 0 Å². The van der Waals surface area contributed by atoms with E-state index >= 15 is 4.39 Å². The molecule has 3 aromatic carbocycles. The monoisotopic (exact) mass is 495 g/mol. The van der Waals surface area contributed by atoms with Gasteiger partial charge in [-0.3, -0.25) is 4.79 Å². The summed E-state index contributed by atoms with van der Waals surface area (Å²) < 4.78 is 62.6. The molecular weight excluding hydrogens is 478 g/mol. The number of halogens is 4. The molecular formula is C25H17F4N5O2. The molecule has 5 rings (SSSR count). The van der Waals surface area contributed by atoms with E-state index < -0.39 is 34.8 Å². The first-order valence-corrected chi connectivity index (χ1v) is 10.5. The Kier molecular flexibility index (Phi) is 5.39. The zero-order valence-electron chi connectivity index (χ0n) is 18.6. The van der Waals surface area contributed by atoms with E-state index in [0.29, 0.717) is 16.5 Å². The van der Waals surface area contributed by atoms with Gasteiger partial charge in [-0.15, -0.1) is 0 Å². The minimum absolute atomic E-state index is 0.0176. The van der Waals surface area contributed by atoms with Crippen molar-refractivity contribution in [2.75, 3.05) is 11.5 Å². The molecule has 0 spiro atoms. The highest BCUT2D eigenvalue weighted by atomic mass is 19.2. The second-order valence-corrected chi connectivity index (χ2v) is 8.05. The molecule has 0 atom stereocenters. The normalized spacial score (nSPS) is 11.2. The average molecular weight is 495 g/mol. The van der Waals surface area contributed by atoms with Crippen LogP contribution < -0.4 is 16.2 Å². The number of rotatable bonds is 5. The van der Waals surface area contributed by atoms with Crippen molar-refractivity contribution in [1.82, 2.24) is 14.8 Å². The van der Waals surface area contributed by atoms with Crippen molar-refractivity contribution in [2.24, 2.45) is 0 Å². The van der Waals surface area contributed by atoms with E-state index in [2.05, 4.69) is 10.1 Å². The molecule has 0 bridgehead atoms. The standard InChI is InChI=1S/C25H17F4N5O2/c1-11-5-13(36-21-4-2-3-15(26)22(21)29)8-17(28)23(11)34-25(31)14(10-32-34)24(35)20-7-12-6-16(27)18(30)9-19(12)33-20/h2-10,33H,30-31H2,1H3. The van der Waals surface area contributed by atoms with E-state index in [0.717, 1.165) is 16.8 Å². The first-order chi connectivity index (χ1) is 17.1. The van der Waals surface area contributed by atoms with Gasteiger partial charge < -0.3 is 21.2 Å². The molecule has 0 aliphatic heterocycles. The fourth-order valence-corrected chi connectivity index (χ4v) is 3.87. The summed E-state index contributed by atoms with van der Waals surface area (Å²) >= 11 is 0. The molecule has 5 aromatic rings. The number of carbonyl (C=O) groups is 1. The Bertz CT molecular complexity index is 1610. The lowest BCUT2D eigenvalue weighted by Gasteiger charge is -2.13. The van der Waals surface area contributed by atoms with Gasteiger partial charge in [0.15, 0.2) is 17.4 Å². The highest BCUT2D eigenvalue weighted by Crippen LogP contribution is 2.32. The van der Waals surface area contributed by atoms with Crippen LogP contribution in [-0.2, 0) is 0 Å². The molecule has 11 heteroatoms. The van der Waals surface area contributed by atoms with E-state index in [9.17, 15) is 18.0 Å². The van der Waals surface area contributed by atoms with Crippen LogP contribution in [0, 0.1) is 30.2 Å². The lowest BCUT2D eigenvalue weighted by molar-refractivity contribution is 0.103. The Morgan fingerprint density at radius 1 is 1.00 bits per heavy atom. The SMILES string of the molecule is Cc1cc(Oc2cccc(F)c2F)cc(F)c1-n1ncc(C(=O)c2cc3cc(F)c(N)cc3[nH]2)c1N. The number of ether oxygens (including phenoxy) is 1. The topological polar surface area (TPSA) is 112 Å². The van der Waals surface area contributed by atoms with Crippen LogP contribution in [0.25, 0.3) is 16.6 Å². The Labute approximate surface area is 200 Å². The number of aromatic amines is 1. The van der Waals surface area contributed by atoms with Crippen molar-refractivity contribution in [3.63, 3.8) is 0 Å². The van der Waals surface area contributed by atoms with E-state index in [-0.39, 0.29) is 34.2 Å². The van der Waals surface area contributed by atoms with Gasteiger partial charge in [0, 0.05) is 17.0 Å². The largest absolute Gasteiger partial charge is 0.454 e. The number of ketones is 1. The van der Waals surface area contributed by atoms with Crippen LogP contribution >= 0.6 is 0 Å². The van der Waals surface area contributed by atoms with Crippen molar-refractivity contribution in [3.05, 3.63) is 94.8 Å². The van der Waals surface area contributed by atoms with E-state index in [1.54, 1.807) is 0 Å². The van der Waals surface area contributed by atoms with Crippen LogP contribution in [0.15, 0.2) is 54.7 Å². The number of carbonyl (C=O) groups excluding carboxylic acids is 1. The van der Waals surface area contributed by atoms with Gasteiger partial charge >= 0.3 is 0 Å². The maximum atomic E-state index is 15.1. The second-order valence-electron chi connectivity index (χ2n) is 8.05. The molecule has 2 aromatic heterocycles. The minimum atomic E-state index is -1.21. The Morgan fingerprint density at radius 2 is 1.78 bits per heavy atom. The smallest absolute Gasteiger partial charge is 0.214 e. The highest BCUT2D eigenvalue weighted by molar-refractivity contribution is 6.12. The summed E-state index contributed by atoms with van der Waals surface area (Å²) in [5.74, 6) is -4.94. The maximum Gasteiger partial charge on any atom is 0.214 e. The molecule has 0 fully saturated rings. The number of benzene rings is 3. The summed E-state index contributed by atoms with van der Waals surface area (Å²) in [4.78, 5) is 15.9. The van der Waals surface area contributed by atoms with Gasteiger partial charge in [-0.25, -0.2) is 17.9 Å². The number of aryl methyl sites for hydroxylation is 1. The van der Waals surface area contributed by atoms with Crippen LogP contribution in [-0.4, -0.2) is 20.5 Å². The number of hydrogen-bond acceptors (Lipinski definition) is 5. The molecule has 2 heterocycles. The number of aromatic nitrogens is 3. The number of H-pyrrole nitrogens is 1. The van der Waals surface area contributed by atoms with Crippen molar-refractivity contribution in [2.45, 2.75) is 6.92 Å². The van der Waals surface area contributed by atoms with Crippen molar-refractivity contribution >= 4 is 28.2 Å². The Balaban J connectivity index is 1.48. The fourth-order valence-electron chi connectivity index (χ4n) is 3.87. The van der Waals surface area contributed by atoms with Crippen molar-refractivity contribution in [3.8, 4) is 17.2 Å². The van der Waals surface area contributed by atoms with Crippen LogP contribution in [0.4, 0.5) is 29.1 Å². The molecule has 7 nitrogen and oxygen atoms in total. The maximum absolute atomic E-state index is 15.1. The number of hydrogen-bond donors (Lipinski definition) is 3. The molecule has 0 radical (unpaired) electrons. The van der Waals surface area contributed by atoms with Gasteiger partial charge in [0.2, 0.25) is 11.6 Å². The van der Waals surface area contributed by atoms with E-state index in [4.69, 9.17) is 16.2 Å². The zero-order chi connectivity index (χ0) is 25.7. The summed E-state index contributed by atoms with van der Waals surface area (Å²) in [5, 5.41) is 4.50. The van der Waals surface area contributed by atoms with Crippen molar-refractivity contribution < 1.29 is 27.1 Å². The molecule has 182 valence electrons. The molecule has 0 unspecified atom stereocenters. The van der Waals surface area contributed by atoms with Crippen LogP contribution in [0.2, 0.25) is 0 Å². The Hall–Kier alpha value is -4.80. The van der Waals surface area contributed by atoms with Gasteiger partial charge in [0.1, 0.15) is 23.1 Å². The lowest BCUT2D eigenvalue weighted by atomic mass is 10.1.